The number of ether oxygens (including phenoxy) is 1. The Morgan fingerprint density at radius 2 is 1.72 bits per heavy atom. The number of amides is 2. The van der Waals surface area contributed by atoms with Gasteiger partial charge in [-0.3, -0.25) is 9.59 Å². The van der Waals surface area contributed by atoms with Crippen LogP contribution in [0.3, 0.4) is 0 Å². The van der Waals surface area contributed by atoms with E-state index in [1.165, 1.54) is 24.3 Å². The summed E-state index contributed by atoms with van der Waals surface area (Å²) < 4.78 is 19.3. The van der Waals surface area contributed by atoms with Crippen molar-refractivity contribution in [2.24, 2.45) is 0 Å². The maximum atomic E-state index is 13.0. The van der Waals surface area contributed by atoms with Crippen molar-refractivity contribution in [3.63, 3.8) is 0 Å². The molecule has 29 heavy (non-hydrogen) atoms. The standard InChI is InChI=1S/C22H18BrFN2O3/c1-14-5-10-20(19(23)11-14)29-13-21(27)25-18-4-2-3-15(12-18)22(28)26-17-8-6-16(24)7-9-17/h2-12H,13H2,1H3,(H,25,27)(H,26,28). The number of aryl methyl sites for hydroxylation is 1. The monoisotopic (exact) mass is 456 g/mol. The quantitative estimate of drug-likeness (QED) is 0.537. The van der Waals surface area contributed by atoms with Gasteiger partial charge < -0.3 is 15.4 Å². The van der Waals surface area contributed by atoms with E-state index < -0.39 is 0 Å². The van der Waals surface area contributed by atoms with Crippen LogP contribution >= 0.6 is 15.9 Å². The number of halogens is 2. The minimum atomic E-state index is -0.382. The van der Waals surface area contributed by atoms with Crippen LogP contribution in [-0.4, -0.2) is 18.4 Å². The third kappa shape index (κ3) is 5.89. The first-order valence-electron chi connectivity index (χ1n) is 8.76. The van der Waals surface area contributed by atoms with Crippen LogP contribution in [0.5, 0.6) is 5.75 Å². The lowest BCUT2D eigenvalue weighted by Crippen LogP contribution is -2.20. The third-order valence-corrected chi connectivity index (χ3v) is 4.58. The van der Waals surface area contributed by atoms with Gasteiger partial charge in [-0.15, -0.1) is 0 Å². The van der Waals surface area contributed by atoms with Gasteiger partial charge in [0.25, 0.3) is 11.8 Å². The predicted molar refractivity (Wildman–Crippen MR) is 114 cm³/mol. The SMILES string of the molecule is Cc1ccc(OCC(=O)Nc2cccc(C(=O)Nc3ccc(F)cc3)c2)c(Br)c1. The second-order valence-electron chi connectivity index (χ2n) is 6.31. The molecule has 0 atom stereocenters. The average Bonchev–Trinajstić information content (AvgIpc) is 2.69. The van der Waals surface area contributed by atoms with Crippen molar-refractivity contribution >= 4 is 39.1 Å². The van der Waals surface area contributed by atoms with Gasteiger partial charge in [-0.05, 0) is 83.0 Å². The summed E-state index contributed by atoms with van der Waals surface area (Å²) in [6.07, 6.45) is 0. The van der Waals surface area contributed by atoms with Crippen molar-refractivity contribution < 1.29 is 18.7 Å². The van der Waals surface area contributed by atoms with E-state index in [1.54, 1.807) is 30.3 Å². The maximum Gasteiger partial charge on any atom is 0.262 e. The van der Waals surface area contributed by atoms with E-state index in [-0.39, 0.29) is 24.2 Å². The second-order valence-corrected chi connectivity index (χ2v) is 7.17. The fourth-order valence-corrected chi connectivity index (χ4v) is 3.15. The number of carbonyl (C=O) groups is 2. The Kier molecular flexibility index (Phi) is 6.61. The summed E-state index contributed by atoms with van der Waals surface area (Å²) in [7, 11) is 0. The van der Waals surface area contributed by atoms with E-state index in [0.29, 0.717) is 22.7 Å². The van der Waals surface area contributed by atoms with Crippen LogP contribution in [0, 0.1) is 12.7 Å². The van der Waals surface area contributed by atoms with Gasteiger partial charge in [0.15, 0.2) is 6.61 Å². The molecular formula is C22H18BrFN2O3. The molecule has 2 amide bonds. The highest BCUT2D eigenvalue weighted by atomic mass is 79.9. The van der Waals surface area contributed by atoms with E-state index in [0.717, 1.165) is 10.0 Å². The van der Waals surface area contributed by atoms with E-state index in [1.807, 2.05) is 19.1 Å². The summed E-state index contributed by atoms with van der Waals surface area (Å²) in [5.74, 6) is -0.535. The lowest BCUT2D eigenvalue weighted by Gasteiger charge is -2.10. The normalized spacial score (nSPS) is 10.3. The highest BCUT2D eigenvalue weighted by Gasteiger charge is 2.10. The van der Waals surface area contributed by atoms with Gasteiger partial charge in [0, 0.05) is 16.9 Å². The number of hydrogen-bond donors (Lipinski definition) is 2. The van der Waals surface area contributed by atoms with E-state index in [2.05, 4.69) is 26.6 Å². The molecule has 0 aromatic heterocycles. The van der Waals surface area contributed by atoms with Crippen molar-refractivity contribution in [3.8, 4) is 5.75 Å². The van der Waals surface area contributed by atoms with Gasteiger partial charge in [-0.2, -0.15) is 0 Å². The highest BCUT2D eigenvalue weighted by Crippen LogP contribution is 2.25. The summed E-state index contributed by atoms with van der Waals surface area (Å²) in [6.45, 7) is 1.79. The molecule has 5 nitrogen and oxygen atoms in total. The van der Waals surface area contributed by atoms with Crippen molar-refractivity contribution in [1.29, 1.82) is 0 Å². The smallest absolute Gasteiger partial charge is 0.262 e. The summed E-state index contributed by atoms with van der Waals surface area (Å²) in [4.78, 5) is 24.5. The van der Waals surface area contributed by atoms with Crippen LogP contribution in [0.1, 0.15) is 15.9 Å². The van der Waals surface area contributed by atoms with Crippen LogP contribution in [0.15, 0.2) is 71.2 Å². The molecule has 148 valence electrons. The zero-order valence-electron chi connectivity index (χ0n) is 15.5. The summed E-state index contributed by atoms with van der Waals surface area (Å²) >= 11 is 3.40. The minimum absolute atomic E-state index is 0.173. The second kappa shape index (κ2) is 9.34. The van der Waals surface area contributed by atoms with Gasteiger partial charge in [0.1, 0.15) is 11.6 Å². The number of rotatable bonds is 6. The Bertz CT molecular complexity index is 1040. The van der Waals surface area contributed by atoms with Gasteiger partial charge in [-0.25, -0.2) is 4.39 Å². The van der Waals surface area contributed by atoms with Crippen LogP contribution in [-0.2, 0) is 4.79 Å². The molecular weight excluding hydrogens is 439 g/mol. The van der Waals surface area contributed by atoms with Crippen molar-refractivity contribution in [2.45, 2.75) is 6.92 Å². The molecule has 0 unspecified atom stereocenters. The largest absolute Gasteiger partial charge is 0.483 e. The molecule has 0 aliphatic heterocycles. The third-order valence-electron chi connectivity index (χ3n) is 3.96. The van der Waals surface area contributed by atoms with Crippen molar-refractivity contribution in [1.82, 2.24) is 0 Å². The Morgan fingerprint density at radius 3 is 2.45 bits per heavy atom. The van der Waals surface area contributed by atoms with Gasteiger partial charge in [0.2, 0.25) is 0 Å². The molecule has 0 spiro atoms. The fraction of sp³-hybridized carbons (Fsp3) is 0.0909. The predicted octanol–water partition coefficient (Wildman–Crippen LogP) is 5.17. The molecule has 3 rings (SSSR count). The highest BCUT2D eigenvalue weighted by molar-refractivity contribution is 9.10. The number of hydrogen-bond acceptors (Lipinski definition) is 3. The van der Waals surface area contributed by atoms with Crippen LogP contribution in [0.25, 0.3) is 0 Å². The molecule has 0 saturated heterocycles. The Balaban J connectivity index is 1.59. The molecule has 7 heteroatoms. The molecule has 0 heterocycles. The van der Waals surface area contributed by atoms with E-state index >= 15 is 0 Å². The first kappa shape index (κ1) is 20.5. The number of anilines is 2. The zero-order chi connectivity index (χ0) is 20.8. The Hall–Kier alpha value is -3.19. The molecule has 0 radical (unpaired) electrons. The number of nitrogens with one attached hydrogen (secondary N) is 2. The first-order valence-corrected chi connectivity index (χ1v) is 9.56. The van der Waals surface area contributed by atoms with Gasteiger partial charge in [-0.1, -0.05) is 12.1 Å². The molecule has 0 aliphatic carbocycles. The van der Waals surface area contributed by atoms with E-state index in [4.69, 9.17) is 4.74 Å². The summed E-state index contributed by atoms with van der Waals surface area (Å²) in [6, 6.07) is 17.6. The lowest BCUT2D eigenvalue weighted by atomic mass is 10.2. The molecule has 3 aromatic rings. The molecule has 2 N–H and O–H groups in total. The van der Waals surface area contributed by atoms with E-state index in [9.17, 15) is 14.0 Å². The lowest BCUT2D eigenvalue weighted by molar-refractivity contribution is -0.118. The number of carbonyl (C=O) groups excluding carboxylic acids is 2. The first-order chi connectivity index (χ1) is 13.9. The molecule has 0 aliphatic rings. The molecule has 3 aromatic carbocycles. The minimum Gasteiger partial charge on any atom is -0.483 e. The fourth-order valence-electron chi connectivity index (χ4n) is 2.54. The zero-order valence-corrected chi connectivity index (χ0v) is 17.1. The van der Waals surface area contributed by atoms with Crippen LogP contribution < -0.4 is 15.4 Å². The van der Waals surface area contributed by atoms with Crippen LogP contribution in [0.4, 0.5) is 15.8 Å². The molecule has 0 fully saturated rings. The van der Waals surface area contributed by atoms with Gasteiger partial charge in [0.05, 0.1) is 4.47 Å². The van der Waals surface area contributed by atoms with Crippen molar-refractivity contribution in [2.75, 3.05) is 17.2 Å². The average molecular weight is 457 g/mol. The summed E-state index contributed by atoms with van der Waals surface area (Å²) in [5.41, 5.74) is 2.37. The molecule has 0 bridgehead atoms. The Morgan fingerprint density at radius 1 is 0.966 bits per heavy atom. The van der Waals surface area contributed by atoms with Gasteiger partial charge >= 0.3 is 0 Å². The molecule has 0 saturated carbocycles. The summed E-state index contributed by atoms with van der Waals surface area (Å²) in [5, 5.41) is 5.38. The topological polar surface area (TPSA) is 67.4 Å². The maximum absolute atomic E-state index is 13.0. The number of benzene rings is 3. The van der Waals surface area contributed by atoms with Crippen molar-refractivity contribution in [3.05, 3.63) is 88.1 Å². The Labute approximate surface area is 176 Å². The van der Waals surface area contributed by atoms with Crippen LogP contribution in [0.2, 0.25) is 0 Å².